The van der Waals surface area contributed by atoms with E-state index in [4.69, 9.17) is 0 Å². The lowest BCUT2D eigenvalue weighted by atomic mass is 10.1. The average Bonchev–Trinajstić information content (AvgIpc) is 3.32. The van der Waals surface area contributed by atoms with Crippen molar-refractivity contribution in [1.29, 1.82) is 0 Å². The second-order valence-corrected chi connectivity index (χ2v) is 10.9. The van der Waals surface area contributed by atoms with Crippen LogP contribution in [-0.4, -0.2) is 15.3 Å². The predicted molar refractivity (Wildman–Crippen MR) is 130 cm³/mol. The van der Waals surface area contributed by atoms with Crippen molar-refractivity contribution < 1.29 is 10.2 Å². The quantitative estimate of drug-likeness (QED) is 0.415. The number of rotatable bonds is 5. The van der Waals surface area contributed by atoms with Crippen LogP contribution in [0.25, 0.3) is 11.3 Å². The van der Waals surface area contributed by atoms with Crippen molar-refractivity contribution in [2.75, 3.05) is 0 Å². The Morgan fingerprint density at radius 2 is 1.19 bits per heavy atom. The Labute approximate surface area is 187 Å². The van der Waals surface area contributed by atoms with E-state index < -0.39 is 7.26 Å². The van der Waals surface area contributed by atoms with E-state index in [2.05, 4.69) is 83.0 Å². The maximum Gasteiger partial charge on any atom is 0.155 e. The first-order valence-electron chi connectivity index (χ1n) is 10.3. The van der Waals surface area contributed by atoms with Crippen molar-refractivity contribution in [1.82, 2.24) is 10.2 Å². The molecule has 4 nitrogen and oxygen atoms in total. The van der Waals surface area contributed by atoms with Crippen LogP contribution in [0.3, 0.4) is 0 Å². The number of nitrogens with one attached hydrogen (secondary N) is 1. The summed E-state index contributed by atoms with van der Waals surface area (Å²) in [5.74, 6) is -0.294. The number of H-pyrrole nitrogens is 1. The van der Waals surface area contributed by atoms with E-state index in [9.17, 15) is 10.2 Å². The number of phenols is 1. The van der Waals surface area contributed by atoms with Gasteiger partial charge in [0.25, 0.3) is 0 Å². The Morgan fingerprint density at radius 1 is 0.688 bits per heavy atom. The Morgan fingerprint density at radius 3 is 1.66 bits per heavy atom. The van der Waals surface area contributed by atoms with Crippen molar-refractivity contribution in [3.8, 4) is 22.8 Å². The highest BCUT2D eigenvalue weighted by Gasteiger charge is 2.50. The first-order valence-corrected chi connectivity index (χ1v) is 12.1. The van der Waals surface area contributed by atoms with Crippen molar-refractivity contribution in [2.45, 2.75) is 0 Å². The van der Waals surface area contributed by atoms with E-state index in [0.29, 0.717) is 11.3 Å². The van der Waals surface area contributed by atoms with Gasteiger partial charge in [-0.1, -0.05) is 60.3 Å². The molecule has 1 aromatic heterocycles. The van der Waals surface area contributed by atoms with Gasteiger partial charge in [-0.25, -0.2) is 0 Å². The summed E-state index contributed by atoms with van der Waals surface area (Å²) in [6, 6.07) is 35.7. The van der Waals surface area contributed by atoms with Crippen molar-refractivity contribution in [3.05, 3.63) is 115 Å². The molecule has 0 amide bonds. The molecule has 0 aliphatic rings. The molecule has 0 aliphatic carbocycles. The Bertz CT molecular complexity index is 1240. The van der Waals surface area contributed by atoms with Gasteiger partial charge in [-0.05, 0) is 60.2 Å². The van der Waals surface area contributed by atoms with Gasteiger partial charge in [0.15, 0.2) is 5.30 Å². The molecule has 5 heteroatoms. The smallest absolute Gasteiger partial charge is 0.155 e. The fourth-order valence-corrected chi connectivity index (χ4v) is 8.59. The number of aromatic amines is 1. The lowest BCUT2D eigenvalue weighted by molar-refractivity contribution is -0.267. The van der Waals surface area contributed by atoms with Crippen molar-refractivity contribution >= 4 is 28.5 Å². The zero-order chi connectivity index (χ0) is 22.0. The van der Waals surface area contributed by atoms with Gasteiger partial charge in [-0.2, -0.15) is 5.10 Å². The Balaban J connectivity index is 1.90. The van der Waals surface area contributed by atoms with Crippen LogP contribution in [0.2, 0.25) is 0 Å². The van der Waals surface area contributed by atoms with Crippen LogP contribution < -0.4 is 26.3 Å². The summed E-state index contributed by atoms with van der Waals surface area (Å²) in [7, 11) is -2.39. The topological polar surface area (TPSA) is 72.0 Å². The van der Waals surface area contributed by atoms with E-state index in [1.165, 1.54) is 28.0 Å². The number of nitrogens with zero attached hydrogens (tertiary/aromatic N) is 1. The SMILES string of the molecule is [O-]c1cc(O)ccc1-c1[nH]ncc1[P+](c1ccccc1)(c1ccccc1)c1ccccc1. The monoisotopic (exact) mass is 436 g/mol. The number of benzene rings is 4. The molecule has 5 aromatic rings. The molecule has 0 aliphatic heterocycles. The minimum atomic E-state index is -2.39. The number of hydrogen-bond acceptors (Lipinski definition) is 3. The van der Waals surface area contributed by atoms with Gasteiger partial charge in [0.1, 0.15) is 34.6 Å². The van der Waals surface area contributed by atoms with Crippen LogP contribution in [0.5, 0.6) is 11.5 Å². The zero-order valence-electron chi connectivity index (χ0n) is 17.2. The lowest BCUT2D eigenvalue weighted by Gasteiger charge is -2.27. The third kappa shape index (κ3) is 3.26. The zero-order valence-corrected chi connectivity index (χ0v) is 18.1. The summed E-state index contributed by atoms with van der Waals surface area (Å²) in [6.45, 7) is 0. The van der Waals surface area contributed by atoms with Gasteiger partial charge in [-0.3, -0.25) is 5.10 Å². The number of hydrogen-bond donors (Lipinski definition) is 2. The first-order chi connectivity index (χ1) is 15.7. The summed E-state index contributed by atoms with van der Waals surface area (Å²) in [5, 5.41) is 34.6. The molecule has 2 N–H and O–H groups in total. The molecule has 5 rings (SSSR count). The van der Waals surface area contributed by atoms with Crippen molar-refractivity contribution in [2.24, 2.45) is 0 Å². The molecule has 1 heterocycles. The molecule has 32 heavy (non-hydrogen) atoms. The maximum absolute atomic E-state index is 12.8. The van der Waals surface area contributed by atoms with Crippen LogP contribution in [-0.2, 0) is 0 Å². The van der Waals surface area contributed by atoms with Crippen LogP contribution >= 0.6 is 7.26 Å². The number of aromatic hydroxyl groups is 1. The van der Waals surface area contributed by atoms with Gasteiger partial charge in [0.2, 0.25) is 0 Å². The number of aromatic nitrogens is 2. The standard InChI is InChI=1S/C27H21N2O2P/c30-20-16-17-24(25(31)18-20)27-26(19-28-29-27)32(21-10-4-1-5-11-21,22-12-6-2-7-13-22)23-14-8-3-9-15-23/h1-19H,(H2-,28,29,30,31). The van der Waals surface area contributed by atoms with E-state index in [0.717, 1.165) is 5.30 Å². The molecule has 156 valence electrons. The maximum atomic E-state index is 12.8. The highest BCUT2D eigenvalue weighted by molar-refractivity contribution is 8.01. The van der Waals surface area contributed by atoms with Gasteiger partial charge >= 0.3 is 0 Å². The molecule has 0 radical (unpaired) electrons. The third-order valence-electron chi connectivity index (χ3n) is 5.65. The fourth-order valence-electron chi connectivity index (χ4n) is 4.27. The average molecular weight is 436 g/mol. The van der Waals surface area contributed by atoms with Gasteiger partial charge in [0, 0.05) is 0 Å². The van der Waals surface area contributed by atoms with Gasteiger partial charge in [0.05, 0.1) is 6.20 Å². The highest BCUT2D eigenvalue weighted by atomic mass is 31.2. The highest BCUT2D eigenvalue weighted by Crippen LogP contribution is 2.56. The Kier molecular flexibility index (Phi) is 5.22. The Hall–Kier alpha value is -3.88. The molecule has 0 bridgehead atoms. The number of phenolic OH excluding ortho intramolecular Hbond substituents is 1. The molecule has 0 spiro atoms. The van der Waals surface area contributed by atoms with Crippen LogP contribution in [0.1, 0.15) is 0 Å². The second-order valence-electron chi connectivity index (χ2n) is 7.49. The van der Waals surface area contributed by atoms with Gasteiger partial charge in [-0.15, -0.1) is 0 Å². The molecule has 0 atom stereocenters. The normalized spacial score (nSPS) is 11.4. The van der Waals surface area contributed by atoms with Crippen LogP contribution in [0.4, 0.5) is 0 Å². The largest absolute Gasteiger partial charge is 0.872 e. The molecule has 0 saturated heterocycles. The molecular formula is C27H21N2O2P. The first kappa shape index (κ1) is 20.0. The minimum Gasteiger partial charge on any atom is -0.872 e. The molecular weight excluding hydrogens is 415 g/mol. The molecule has 4 aromatic carbocycles. The lowest BCUT2D eigenvalue weighted by Crippen LogP contribution is -2.39. The van der Waals surface area contributed by atoms with Crippen LogP contribution in [0, 0.1) is 0 Å². The van der Waals surface area contributed by atoms with Crippen LogP contribution in [0.15, 0.2) is 115 Å². The molecule has 0 saturated carbocycles. The van der Waals surface area contributed by atoms with Gasteiger partial charge < -0.3 is 10.2 Å². The summed E-state index contributed by atoms with van der Waals surface area (Å²) in [5.41, 5.74) is 1.17. The van der Waals surface area contributed by atoms with E-state index in [-0.39, 0.29) is 11.5 Å². The minimum absolute atomic E-state index is 0.0462. The van der Waals surface area contributed by atoms with Crippen molar-refractivity contribution in [3.63, 3.8) is 0 Å². The summed E-state index contributed by atoms with van der Waals surface area (Å²) in [4.78, 5) is 0. The second kappa shape index (κ2) is 8.33. The fraction of sp³-hybridized carbons (Fsp3) is 0. The van der Waals surface area contributed by atoms with E-state index >= 15 is 0 Å². The predicted octanol–water partition coefficient (Wildman–Crippen LogP) is 3.48. The summed E-state index contributed by atoms with van der Waals surface area (Å²) >= 11 is 0. The van der Waals surface area contributed by atoms with E-state index in [1.807, 2.05) is 24.4 Å². The summed E-state index contributed by atoms with van der Waals surface area (Å²) < 4.78 is 0. The molecule has 0 unspecified atom stereocenters. The third-order valence-corrected chi connectivity index (χ3v) is 9.93. The van der Waals surface area contributed by atoms with E-state index in [1.54, 1.807) is 6.07 Å². The summed E-state index contributed by atoms with van der Waals surface area (Å²) in [6.07, 6.45) is 1.85. The molecule has 0 fully saturated rings.